The molecule has 20 heavy (non-hydrogen) atoms. The monoisotopic (exact) mass is 273 g/mol. The van der Waals surface area contributed by atoms with Crippen molar-refractivity contribution in [3.63, 3.8) is 0 Å². The fraction of sp³-hybridized carbons (Fsp3) is 0.200. The van der Waals surface area contributed by atoms with Gasteiger partial charge in [-0.15, -0.1) is 0 Å². The summed E-state index contributed by atoms with van der Waals surface area (Å²) in [4.78, 5) is 15.6. The third-order valence-electron chi connectivity index (χ3n) is 2.93. The van der Waals surface area contributed by atoms with Gasteiger partial charge in [0.25, 0.3) is 5.91 Å². The predicted octanol–water partition coefficient (Wildman–Crippen LogP) is 2.75. The molecule has 0 radical (unpaired) electrons. The zero-order valence-corrected chi connectivity index (χ0v) is 11.4. The van der Waals surface area contributed by atoms with Crippen LogP contribution >= 0.6 is 0 Å². The minimum Gasteiger partial charge on any atom is -0.377 e. The minimum absolute atomic E-state index is 0.0875. The lowest BCUT2D eigenvalue weighted by atomic mass is 10.1. The van der Waals surface area contributed by atoms with Gasteiger partial charge in [0.05, 0.1) is 17.9 Å². The number of amides is 1. The van der Waals surface area contributed by atoms with Crippen LogP contribution in [0.2, 0.25) is 0 Å². The lowest BCUT2D eigenvalue weighted by Gasteiger charge is -2.15. The van der Waals surface area contributed by atoms with E-state index in [9.17, 15) is 9.18 Å². The van der Waals surface area contributed by atoms with Crippen LogP contribution in [0.5, 0.6) is 0 Å². The van der Waals surface area contributed by atoms with Crippen molar-refractivity contribution >= 4 is 11.6 Å². The van der Waals surface area contributed by atoms with Gasteiger partial charge in [-0.05, 0) is 37.3 Å². The van der Waals surface area contributed by atoms with Crippen LogP contribution in [0.15, 0.2) is 42.6 Å². The van der Waals surface area contributed by atoms with Crippen molar-refractivity contribution in [3.8, 4) is 0 Å². The quantitative estimate of drug-likeness (QED) is 0.900. The van der Waals surface area contributed by atoms with Crippen LogP contribution in [0.4, 0.5) is 10.1 Å². The highest BCUT2D eigenvalue weighted by Gasteiger charge is 2.09. The lowest BCUT2D eigenvalue weighted by molar-refractivity contribution is 0.0963. The van der Waals surface area contributed by atoms with E-state index in [1.54, 1.807) is 31.3 Å². The highest BCUT2D eigenvalue weighted by Crippen LogP contribution is 2.18. The molecule has 1 aromatic carbocycles. The van der Waals surface area contributed by atoms with E-state index in [1.165, 1.54) is 12.3 Å². The Balaban J connectivity index is 2.13. The van der Waals surface area contributed by atoms with Gasteiger partial charge in [-0.1, -0.05) is 6.07 Å². The van der Waals surface area contributed by atoms with Crippen LogP contribution < -0.4 is 10.6 Å². The Morgan fingerprint density at radius 3 is 2.75 bits per heavy atom. The van der Waals surface area contributed by atoms with Gasteiger partial charge in [0.1, 0.15) is 5.82 Å². The van der Waals surface area contributed by atoms with Crippen LogP contribution in [0.1, 0.15) is 29.0 Å². The molecule has 2 rings (SSSR count). The first-order valence-electron chi connectivity index (χ1n) is 6.30. The van der Waals surface area contributed by atoms with E-state index < -0.39 is 0 Å². The summed E-state index contributed by atoms with van der Waals surface area (Å²) in [5.41, 5.74) is 2.12. The number of pyridine rings is 1. The molecule has 1 aromatic heterocycles. The summed E-state index contributed by atoms with van der Waals surface area (Å²) in [7, 11) is 1.59. The van der Waals surface area contributed by atoms with Gasteiger partial charge < -0.3 is 10.6 Å². The number of benzene rings is 1. The molecular weight excluding hydrogens is 257 g/mol. The number of carbonyl (C=O) groups excluding carboxylic acids is 1. The zero-order chi connectivity index (χ0) is 14.5. The van der Waals surface area contributed by atoms with Gasteiger partial charge in [-0.25, -0.2) is 4.39 Å². The van der Waals surface area contributed by atoms with Crippen molar-refractivity contribution in [2.24, 2.45) is 0 Å². The zero-order valence-electron chi connectivity index (χ0n) is 11.4. The number of hydrogen-bond donors (Lipinski definition) is 2. The molecule has 0 saturated heterocycles. The first-order chi connectivity index (χ1) is 9.60. The summed E-state index contributed by atoms with van der Waals surface area (Å²) < 4.78 is 12.8. The number of rotatable bonds is 4. The van der Waals surface area contributed by atoms with E-state index in [1.807, 2.05) is 13.0 Å². The average molecular weight is 273 g/mol. The van der Waals surface area contributed by atoms with Crippen molar-refractivity contribution in [2.45, 2.75) is 13.0 Å². The minimum atomic E-state index is -0.359. The molecule has 1 heterocycles. The Morgan fingerprint density at radius 2 is 2.10 bits per heavy atom. The number of halogens is 1. The van der Waals surface area contributed by atoms with Crippen molar-refractivity contribution in [1.82, 2.24) is 10.3 Å². The molecule has 0 spiro atoms. The third-order valence-corrected chi connectivity index (χ3v) is 2.93. The molecule has 0 fully saturated rings. The summed E-state index contributed by atoms with van der Waals surface area (Å²) in [6, 6.07) is 10.1. The molecule has 104 valence electrons. The van der Waals surface area contributed by atoms with Crippen LogP contribution in [0.25, 0.3) is 0 Å². The summed E-state index contributed by atoms with van der Waals surface area (Å²) in [5, 5.41) is 5.81. The molecule has 1 atom stereocenters. The first kappa shape index (κ1) is 14.0. The SMILES string of the molecule is CNC(=O)c1cccc(NC(C)c2ccc(F)cn2)c1. The van der Waals surface area contributed by atoms with Crippen molar-refractivity contribution < 1.29 is 9.18 Å². The molecule has 2 aromatic rings. The Morgan fingerprint density at radius 1 is 1.30 bits per heavy atom. The fourth-order valence-corrected chi connectivity index (χ4v) is 1.86. The van der Waals surface area contributed by atoms with Gasteiger partial charge in [0.2, 0.25) is 0 Å². The molecule has 1 unspecified atom stereocenters. The third kappa shape index (κ3) is 3.32. The van der Waals surface area contributed by atoms with E-state index in [0.29, 0.717) is 5.56 Å². The molecular formula is C15H16FN3O. The van der Waals surface area contributed by atoms with E-state index in [4.69, 9.17) is 0 Å². The number of hydrogen-bond acceptors (Lipinski definition) is 3. The largest absolute Gasteiger partial charge is 0.377 e. The average Bonchev–Trinajstić information content (AvgIpc) is 2.47. The molecule has 0 saturated carbocycles. The van der Waals surface area contributed by atoms with Crippen LogP contribution in [-0.4, -0.2) is 17.9 Å². The molecule has 0 aliphatic heterocycles. The number of carbonyl (C=O) groups is 1. The van der Waals surface area contributed by atoms with Crippen LogP contribution in [0, 0.1) is 5.82 Å². The maximum atomic E-state index is 12.8. The van der Waals surface area contributed by atoms with Crippen LogP contribution in [-0.2, 0) is 0 Å². The van der Waals surface area contributed by atoms with Gasteiger partial charge in [-0.2, -0.15) is 0 Å². The molecule has 5 heteroatoms. The van der Waals surface area contributed by atoms with E-state index in [2.05, 4.69) is 15.6 Å². The second-order valence-corrected chi connectivity index (χ2v) is 4.43. The van der Waals surface area contributed by atoms with Crippen molar-refractivity contribution in [2.75, 3.05) is 12.4 Å². The van der Waals surface area contributed by atoms with E-state index >= 15 is 0 Å². The highest BCUT2D eigenvalue weighted by molar-refractivity contribution is 5.94. The van der Waals surface area contributed by atoms with Gasteiger partial charge in [0.15, 0.2) is 0 Å². The molecule has 0 aliphatic rings. The topological polar surface area (TPSA) is 54.0 Å². The number of anilines is 1. The van der Waals surface area contributed by atoms with Gasteiger partial charge in [0, 0.05) is 18.3 Å². The number of nitrogens with zero attached hydrogens (tertiary/aromatic N) is 1. The molecule has 0 bridgehead atoms. The van der Waals surface area contributed by atoms with Crippen molar-refractivity contribution in [1.29, 1.82) is 0 Å². The van der Waals surface area contributed by atoms with Gasteiger partial charge in [-0.3, -0.25) is 9.78 Å². The van der Waals surface area contributed by atoms with Gasteiger partial charge >= 0.3 is 0 Å². The summed E-state index contributed by atoms with van der Waals surface area (Å²) in [6.07, 6.45) is 1.19. The molecule has 1 amide bonds. The van der Waals surface area contributed by atoms with E-state index in [-0.39, 0.29) is 17.8 Å². The standard InChI is InChI=1S/C15H16FN3O/c1-10(14-7-6-12(16)9-18-14)19-13-5-3-4-11(8-13)15(20)17-2/h3-10,19H,1-2H3,(H,17,20). The molecule has 0 aliphatic carbocycles. The fourth-order valence-electron chi connectivity index (χ4n) is 1.86. The number of nitrogens with one attached hydrogen (secondary N) is 2. The summed E-state index contributed by atoms with van der Waals surface area (Å²) in [6.45, 7) is 1.92. The smallest absolute Gasteiger partial charge is 0.251 e. The highest BCUT2D eigenvalue weighted by atomic mass is 19.1. The van der Waals surface area contributed by atoms with E-state index in [0.717, 1.165) is 11.4 Å². The Kier molecular flexibility index (Phi) is 4.30. The summed E-state index contributed by atoms with van der Waals surface area (Å²) in [5.74, 6) is -0.497. The maximum Gasteiger partial charge on any atom is 0.251 e. The van der Waals surface area contributed by atoms with Crippen molar-refractivity contribution in [3.05, 3.63) is 59.7 Å². The normalized spacial score (nSPS) is 11.8. The van der Waals surface area contributed by atoms with Crippen LogP contribution in [0.3, 0.4) is 0 Å². The second kappa shape index (κ2) is 6.14. The predicted molar refractivity (Wildman–Crippen MR) is 76.1 cm³/mol. The second-order valence-electron chi connectivity index (χ2n) is 4.43. The Hall–Kier alpha value is -2.43. The molecule has 4 nitrogen and oxygen atoms in total. The summed E-state index contributed by atoms with van der Waals surface area (Å²) >= 11 is 0. The Labute approximate surface area is 117 Å². The lowest BCUT2D eigenvalue weighted by Crippen LogP contribution is -2.18. The Bertz CT molecular complexity index is 598. The molecule has 2 N–H and O–H groups in total. The number of aromatic nitrogens is 1. The maximum absolute atomic E-state index is 12.8. The first-order valence-corrected chi connectivity index (χ1v) is 6.30.